The molecule has 0 aromatic heterocycles. The number of ether oxygens (including phenoxy) is 1. The van der Waals surface area contributed by atoms with Crippen LogP contribution in [0.3, 0.4) is 0 Å². The molecule has 0 aliphatic carbocycles. The van der Waals surface area contributed by atoms with Gasteiger partial charge in [0.25, 0.3) is 0 Å². The Labute approximate surface area is 129 Å². The fourth-order valence-electron chi connectivity index (χ4n) is 1.64. The molecule has 1 aromatic carbocycles. The molecule has 0 saturated carbocycles. The minimum absolute atomic E-state index is 0.0662. The number of benzene rings is 1. The topological polar surface area (TPSA) is 67.4 Å². The van der Waals surface area contributed by atoms with Crippen molar-refractivity contribution in [2.75, 3.05) is 11.9 Å². The lowest BCUT2D eigenvalue weighted by Crippen LogP contribution is -2.69. The molecule has 0 radical (unpaired) electrons. The molecule has 0 saturated heterocycles. The Morgan fingerprint density at radius 3 is 2.18 bits per heavy atom. The molecular formula is C13H14ClF3N2O3. The molecule has 0 aliphatic heterocycles. The van der Waals surface area contributed by atoms with Gasteiger partial charge >= 0.3 is 17.8 Å². The highest BCUT2D eigenvalue weighted by Crippen LogP contribution is 2.33. The van der Waals surface area contributed by atoms with Crippen molar-refractivity contribution >= 4 is 29.2 Å². The third-order valence-electron chi connectivity index (χ3n) is 2.55. The molecule has 1 atom stereocenters. The van der Waals surface area contributed by atoms with E-state index in [1.165, 1.54) is 31.2 Å². The average molecular weight is 339 g/mol. The summed E-state index contributed by atoms with van der Waals surface area (Å²) in [5.41, 5.74) is -3.45. The predicted octanol–water partition coefficient (Wildman–Crippen LogP) is 2.71. The molecule has 1 amide bonds. The van der Waals surface area contributed by atoms with Crippen molar-refractivity contribution in [2.45, 2.75) is 25.7 Å². The number of amides is 1. The maximum absolute atomic E-state index is 13.5. The normalized spacial score (nSPS) is 13.9. The number of rotatable bonds is 5. The first-order valence-electron chi connectivity index (χ1n) is 6.19. The van der Waals surface area contributed by atoms with Crippen LogP contribution in [0.15, 0.2) is 24.3 Å². The Morgan fingerprint density at radius 2 is 1.77 bits per heavy atom. The van der Waals surface area contributed by atoms with Crippen LogP contribution in [0.5, 0.6) is 0 Å². The van der Waals surface area contributed by atoms with Crippen LogP contribution < -0.4 is 10.6 Å². The molecule has 2 N–H and O–H groups in total. The van der Waals surface area contributed by atoms with E-state index >= 15 is 0 Å². The molecule has 0 spiro atoms. The number of anilines is 1. The zero-order valence-corrected chi connectivity index (χ0v) is 12.5. The second-order valence-corrected chi connectivity index (χ2v) is 4.72. The number of hydrogen-bond acceptors (Lipinski definition) is 4. The highest BCUT2D eigenvalue weighted by molar-refractivity contribution is 6.30. The summed E-state index contributed by atoms with van der Waals surface area (Å²) in [5, 5.41) is 3.89. The standard InChI is InChI=1S/C13H14ClF3N2O3/c1-3-22-11(21)12(13(15,16)17,18-8(2)20)19-10-6-4-9(14)5-7-10/h4-7,19H,3H2,1-2H3,(H,18,20)/t12-/m0/s1. The van der Waals surface area contributed by atoms with E-state index in [1.54, 1.807) is 5.32 Å². The van der Waals surface area contributed by atoms with Crippen molar-refractivity contribution in [3.05, 3.63) is 29.3 Å². The average Bonchev–Trinajstić information content (AvgIpc) is 2.39. The summed E-state index contributed by atoms with van der Waals surface area (Å²) >= 11 is 5.66. The molecular weight excluding hydrogens is 325 g/mol. The van der Waals surface area contributed by atoms with E-state index in [9.17, 15) is 22.8 Å². The van der Waals surface area contributed by atoms with Crippen molar-refractivity contribution in [1.82, 2.24) is 5.32 Å². The minimum atomic E-state index is -5.13. The molecule has 0 bridgehead atoms. The van der Waals surface area contributed by atoms with E-state index in [0.717, 1.165) is 6.92 Å². The highest BCUT2D eigenvalue weighted by atomic mass is 35.5. The lowest BCUT2D eigenvalue weighted by Gasteiger charge is -2.35. The van der Waals surface area contributed by atoms with E-state index in [2.05, 4.69) is 4.74 Å². The number of hydrogen-bond donors (Lipinski definition) is 2. The molecule has 22 heavy (non-hydrogen) atoms. The highest BCUT2D eigenvalue weighted by Gasteiger charge is 2.63. The Balaban J connectivity index is 3.31. The van der Waals surface area contributed by atoms with Crippen molar-refractivity contribution in [3.8, 4) is 0 Å². The molecule has 0 fully saturated rings. The van der Waals surface area contributed by atoms with Crippen LogP contribution in [0.4, 0.5) is 18.9 Å². The summed E-state index contributed by atoms with van der Waals surface area (Å²) in [7, 11) is 0. The lowest BCUT2D eigenvalue weighted by atomic mass is 10.1. The van der Waals surface area contributed by atoms with E-state index in [4.69, 9.17) is 11.6 Å². The van der Waals surface area contributed by atoms with E-state index in [1.807, 2.05) is 5.32 Å². The summed E-state index contributed by atoms with van der Waals surface area (Å²) in [6.07, 6.45) is -5.13. The molecule has 5 nitrogen and oxygen atoms in total. The van der Waals surface area contributed by atoms with Crippen molar-refractivity contribution in [3.63, 3.8) is 0 Å². The van der Waals surface area contributed by atoms with Crippen LogP contribution in [0.2, 0.25) is 5.02 Å². The number of nitrogens with one attached hydrogen (secondary N) is 2. The first kappa shape index (κ1) is 18.1. The van der Waals surface area contributed by atoms with Crippen LogP contribution >= 0.6 is 11.6 Å². The summed E-state index contributed by atoms with van der Waals surface area (Å²) < 4.78 is 44.9. The number of alkyl halides is 3. The number of halogens is 4. The largest absolute Gasteiger partial charge is 0.463 e. The fourth-order valence-corrected chi connectivity index (χ4v) is 1.77. The van der Waals surface area contributed by atoms with Gasteiger partial charge in [0.1, 0.15) is 0 Å². The van der Waals surface area contributed by atoms with Gasteiger partial charge in [-0.25, -0.2) is 4.79 Å². The first-order chi connectivity index (χ1) is 10.1. The van der Waals surface area contributed by atoms with Crippen molar-refractivity contribution < 1.29 is 27.5 Å². The lowest BCUT2D eigenvalue weighted by molar-refractivity contribution is -0.207. The molecule has 122 valence electrons. The second kappa shape index (κ2) is 6.87. The maximum atomic E-state index is 13.5. The van der Waals surface area contributed by atoms with E-state index < -0.39 is 23.7 Å². The van der Waals surface area contributed by atoms with Gasteiger partial charge in [0, 0.05) is 17.6 Å². The van der Waals surface area contributed by atoms with Crippen LogP contribution in [0.25, 0.3) is 0 Å². The van der Waals surface area contributed by atoms with Crippen LogP contribution in [0, 0.1) is 0 Å². The molecule has 1 aromatic rings. The Morgan fingerprint density at radius 1 is 1.23 bits per heavy atom. The van der Waals surface area contributed by atoms with Gasteiger partial charge in [-0.1, -0.05) is 11.6 Å². The van der Waals surface area contributed by atoms with E-state index in [-0.39, 0.29) is 12.3 Å². The molecule has 9 heteroatoms. The monoisotopic (exact) mass is 338 g/mol. The van der Waals surface area contributed by atoms with Gasteiger partial charge in [-0.2, -0.15) is 13.2 Å². The van der Waals surface area contributed by atoms with Gasteiger partial charge in [0.15, 0.2) is 0 Å². The predicted molar refractivity (Wildman–Crippen MR) is 74.3 cm³/mol. The zero-order valence-electron chi connectivity index (χ0n) is 11.8. The van der Waals surface area contributed by atoms with Gasteiger partial charge in [0.05, 0.1) is 6.61 Å². The van der Waals surface area contributed by atoms with Crippen LogP contribution in [-0.2, 0) is 14.3 Å². The Bertz CT molecular complexity index is 548. The quantitative estimate of drug-likeness (QED) is 0.640. The Kier molecular flexibility index (Phi) is 5.65. The van der Waals surface area contributed by atoms with Gasteiger partial charge in [0.2, 0.25) is 5.91 Å². The molecule has 0 heterocycles. The number of carbonyl (C=O) groups excluding carboxylic acids is 2. The van der Waals surface area contributed by atoms with Crippen LogP contribution in [-0.4, -0.2) is 30.3 Å². The van der Waals surface area contributed by atoms with E-state index in [0.29, 0.717) is 5.02 Å². The fraction of sp³-hybridized carbons (Fsp3) is 0.385. The minimum Gasteiger partial charge on any atom is -0.463 e. The third kappa shape index (κ3) is 4.03. The van der Waals surface area contributed by atoms with Crippen molar-refractivity contribution in [1.29, 1.82) is 0 Å². The molecule has 0 aliphatic rings. The maximum Gasteiger partial charge on any atom is 0.441 e. The molecule has 0 unspecified atom stereocenters. The SMILES string of the molecule is CCOC(=O)[C@](NC(C)=O)(Nc1ccc(Cl)cc1)C(F)(F)F. The van der Waals surface area contributed by atoms with Gasteiger partial charge in [-0.05, 0) is 31.2 Å². The summed E-state index contributed by atoms with van der Waals surface area (Å²) in [5.74, 6) is -2.71. The summed E-state index contributed by atoms with van der Waals surface area (Å²) in [4.78, 5) is 23.1. The smallest absolute Gasteiger partial charge is 0.441 e. The number of carbonyl (C=O) groups is 2. The zero-order chi connectivity index (χ0) is 17.0. The van der Waals surface area contributed by atoms with Crippen LogP contribution in [0.1, 0.15) is 13.8 Å². The van der Waals surface area contributed by atoms with Gasteiger partial charge in [-0.3, -0.25) is 4.79 Å². The van der Waals surface area contributed by atoms with Crippen molar-refractivity contribution in [2.24, 2.45) is 0 Å². The summed E-state index contributed by atoms with van der Waals surface area (Å²) in [6.45, 7) is 1.94. The molecule has 1 rings (SSSR count). The first-order valence-corrected chi connectivity index (χ1v) is 6.56. The number of esters is 1. The third-order valence-corrected chi connectivity index (χ3v) is 2.80. The second-order valence-electron chi connectivity index (χ2n) is 4.28. The van der Waals surface area contributed by atoms with Gasteiger partial charge < -0.3 is 15.4 Å². The Hall–Kier alpha value is -1.96. The van der Waals surface area contributed by atoms with Gasteiger partial charge in [-0.15, -0.1) is 0 Å². The summed E-state index contributed by atoms with van der Waals surface area (Å²) in [6, 6.07) is 5.15.